The number of nitrogens with zero attached hydrogens (tertiary/aromatic N) is 5. The summed E-state index contributed by atoms with van der Waals surface area (Å²) in [6.07, 6.45) is 4.85. The predicted molar refractivity (Wildman–Crippen MR) is 82.2 cm³/mol. The van der Waals surface area contributed by atoms with Gasteiger partial charge in [-0.3, -0.25) is 4.68 Å². The number of ether oxygens (including phenoxy) is 1. The minimum atomic E-state index is -0.0427. The van der Waals surface area contributed by atoms with Crippen molar-refractivity contribution in [2.75, 3.05) is 6.61 Å². The Bertz CT molecular complexity index is 626. The van der Waals surface area contributed by atoms with Crippen molar-refractivity contribution < 1.29 is 4.74 Å². The molecule has 0 radical (unpaired) electrons. The number of aryl methyl sites for hydroxylation is 1. The zero-order chi connectivity index (χ0) is 15.7. The molecule has 0 spiro atoms. The molecule has 0 unspecified atom stereocenters. The summed E-state index contributed by atoms with van der Waals surface area (Å²) in [6, 6.07) is 2.29. The van der Waals surface area contributed by atoms with Gasteiger partial charge in [0, 0.05) is 32.4 Å². The van der Waals surface area contributed by atoms with Crippen molar-refractivity contribution in [3.63, 3.8) is 0 Å². The number of rotatable bonds is 4. The molecule has 2 atom stereocenters. The molecule has 3 rings (SSSR count). The van der Waals surface area contributed by atoms with E-state index in [1.165, 1.54) is 0 Å². The Balaban J connectivity index is 1.63. The molecule has 2 aromatic rings. The maximum absolute atomic E-state index is 5.87. The molecule has 22 heavy (non-hydrogen) atoms. The van der Waals surface area contributed by atoms with Gasteiger partial charge in [-0.05, 0) is 33.3 Å². The second-order valence-electron chi connectivity index (χ2n) is 6.77. The van der Waals surface area contributed by atoms with E-state index in [0.717, 1.165) is 24.4 Å². The molecule has 1 saturated heterocycles. The van der Waals surface area contributed by atoms with Crippen LogP contribution in [0.25, 0.3) is 0 Å². The van der Waals surface area contributed by atoms with Gasteiger partial charge in [0.15, 0.2) is 0 Å². The van der Waals surface area contributed by atoms with Crippen molar-refractivity contribution in [1.82, 2.24) is 30.1 Å². The van der Waals surface area contributed by atoms with E-state index in [2.05, 4.69) is 41.5 Å². The lowest BCUT2D eigenvalue weighted by atomic mass is 10.1. The van der Waals surface area contributed by atoms with Crippen LogP contribution in [0.2, 0.25) is 0 Å². The average molecular weight is 304 g/mol. The van der Waals surface area contributed by atoms with Crippen LogP contribution in [0.15, 0.2) is 18.5 Å². The largest absolute Gasteiger partial charge is 0.370 e. The van der Waals surface area contributed by atoms with Gasteiger partial charge in [0.05, 0.1) is 23.1 Å². The fourth-order valence-electron chi connectivity index (χ4n) is 2.70. The van der Waals surface area contributed by atoms with E-state index < -0.39 is 0 Å². The van der Waals surface area contributed by atoms with Crippen LogP contribution in [-0.2, 0) is 23.9 Å². The first-order valence-corrected chi connectivity index (χ1v) is 7.70. The van der Waals surface area contributed by atoms with E-state index in [0.29, 0.717) is 6.54 Å². The molecular formula is C15H24N6O. The molecule has 1 aliphatic heterocycles. The number of aromatic nitrogens is 5. The van der Waals surface area contributed by atoms with Crippen molar-refractivity contribution in [3.05, 3.63) is 29.8 Å². The van der Waals surface area contributed by atoms with Gasteiger partial charge in [0.2, 0.25) is 0 Å². The Morgan fingerprint density at radius 2 is 2.23 bits per heavy atom. The Labute approximate surface area is 130 Å². The maximum atomic E-state index is 5.87. The van der Waals surface area contributed by atoms with Gasteiger partial charge in [0.1, 0.15) is 6.10 Å². The monoisotopic (exact) mass is 304 g/mol. The molecule has 0 amide bonds. The molecule has 0 bridgehead atoms. The van der Waals surface area contributed by atoms with E-state index in [1.54, 1.807) is 0 Å². The Morgan fingerprint density at radius 1 is 1.41 bits per heavy atom. The molecule has 0 aromatic carbocycles. The minimum Gasteiger partial charge on any atom is -0.370 e. The zero-order valence-corrected chi connectivity index (χ0v) is 13.7. The molecule has 120 valence electrons. The topological polar surface area (TPSA) is 69.8 Å². The predicted octanol–water partition coefficient (Wildman–Crippen LogP) is 1.39. The number of nitrogens with one attached hydrogen (secondary N) is 1. The van der Waals surface area contributed by atoms with Gasteiger partial charge < -0.3 is 10.1 Å². The fraction of sp³-hybridized carbons (Fsp3) is 0.667. The first-order chi connectivity index (χ1) is 10.4. The summed E-state index contributed by atoms with van der Waals surface area (Å²) in [4.78, 5) is 0. The lowest BCUT2D eigenvalue weighted by molar-refractivity contribution is 0.0918. The Morgan fingerprint density at radius 3 is 2.86 bits per heavy atom. The number of hydrogen-bond acceptors (Lipinski definition) is 5. The molecule has 1 N–H and O–H groups in total. The SMILES string of the molecule is Cn1nccc1[C@H]1OCC[C@@H]1NCc1cn(C(C)(C)C)nn1. The molecule has 0 aliphatic carbocycles. The van der Waals surface area contributed by atoms with E-state index in [9.17, 15) is 0 Å². The minimum absolute atomic E-state index is 0.0427. The smallest absolute Gasteiger partial charge is 0.114 e. The fourth-order valence-corrected chi connectivity index (χ4v) is 2.70. The van der Waals surface area contributed by atoms with Crippen molar-refractivity contribution in [3.8, 4) is 0 Å². The van der Waals surface area contributed by atoms with Crippen LogP contribution < -0.4 is 5.32 Å². The van der Waals surface area contributed by atoms with E-state index in [1.807, 2.05) is 34.9 Å². The van der Waals surface area contributed by atoms with Crippen molar-refractivity contribution in [1.29, 1.82) is 0 Å². The van der Waals surface area contributed by atoms with Crippen molar-refractivity contribution >= 4 is 0 Å². The molecular weight excluding hydrogens is 280 g/mol. The van der Waals surface area contributed by atoms with Crippen LogP contribution in [0.1, 0.15) is 44.7 Å². The molecule has 0 saturated carbocycles. The van der Waals surface area contributed by atoms with Crippen LogP contribution >= 0.6 is 0 Å². The Hall–Kier alpha value is -1.73. The second-order valence-corrected chi connectivity index (χ2v) is 6.77. The third-order valence-corrected chi connectivity index (χ3v) is 4.02. The number of hydrogen-bond donors (Lipinski definition) is 1. The standard InChI is InChI=1S/C15H24N6O/c1-15(2,3)21-10-11(18-19-21)9-16-12-6-8-22-14(12)13-5-7-17-20(13)4/h5,7,10,12,14,16H,6,8-9H2,1-4H3/t12-,14-/m0/s1. The summed E-state index contributed by atoms with van der Waals surface area (Å²) < 4.78 is 9.65. The molecule has 1 aliphatic rings. The van der Waals surface area contributed by atoms with Crippen LogP contribution in [0.4, 0.5) is 0 Å². The molecule has 1 fully saturated rings. The van der Waals surface area contributed by atoms with Gasteiger partial charge in [-0.25, -0.2) is 4.68 Å². The van der Waals surface area contributed by atoms with Gasteiger partial charge in [0.25, 0.3) is 0 Å². The van der Waals surface area contributed by atoms with E-state index in [-0.39, 0.29) is 17.7 Å². The lowest BCUT2D eigenvalue weighted by Crippen LogP contribution is -2.32. The van der Waals surface area contributed by atoms with Gasteiger partial charge in [-0.2, -0.15) is 5.10 Å². The highest BCUT2D eigenvalue weighted by Gasteiger charge is 2.31. The summed E-state index contributed by atoms with van der Waals surface area (Å²) in [5.74, 6) is 0. The molecule has 3 heterocycles. The quantitative estimate of drug-likeness (QED) is 0.924. The first-order valence-electron chi connectivity index (χ1n) is 7.70. The highest BCUT2D eigenvalue weighted by molar-refractivity contribution is 5.09. The van der Waals surface area contributed by atoms with E-state index >= 15 is 0 Å². The van der Waals surface area contributed by atoms with Gasteiger partial charge in [-0.15, -0.1) is 5.10 Å². The van der Waals surface area contributed by atoms with Gasteiger partial charge >= 0.3 is 0 Å². The van der Waals surface area contributed by atoms with Crippen LogP contribution in [0, 0.1) is 0 Å². The zero-order valence-electron chi connectivity index (χ0n) is 13.7. The second kappa shape index (κ2) is 5.81. The third kappa shape index (κ3) is 3.05. The Kier molecular flexibility index (Phi) is 4.01. The molecule has 7 nitrogen and oxygen atoms in total. The first kappa shape index (κ1) is 15.2. The van der Waals surface area contributed by atoms with Gasteiger partial charge in [-0.1, -0.05) is 5.21 Å². The molecule has 2 aromatic heterocycles. The van der Waals surface area contributed by atoms with Crippen LogP contribution in [0.5, 0.6) is 0 Å². The van der Waals surface area contributed by atoms with Crippen LogP contribution in [0.3, 0.4) is 0 Å². The summed E-state index contributed by atoms with van der Waals surface area (Å²) in [5.41, 5.74) is 2.01. The van der Waals surface area contributed by atoms with Crippen molar-refractivity contribution in [2.24, 2.45) is 7.05 Å². The van der Waals surface area contributed by atoms with Crippen molar-refractivity contribution in [2.45, 2.75) is 51.4 Å². The summed E-state index contributed by atoms with van der Waals surface area (Å²) in [7, 11) is 1.95. The van der Waals surface area contributed by atoms with E-state index in [4.69, 9.17) is 4.74 Å². The third-order valence-electron chi connectivity index (χ3n) is 4.02. The highest BCUT2D eigenvalue weighted by atomic mass is 16.5. The molecule has 7 heteroatoms. The van der Waals surface area contributed by atoms with Crippen LogP contribution in [-0.4, -0.2) is 37.4 Å². The normalized spacial score (nSPS) is 22.4. The average Bonchev–Trinajstić information content (AvgIpc) is 3.14. The maximum Gasteiger partial charge on any atom is 0.114 e. The lowest BCUT2D eigenvalue weighted by Gasteiger charge is -2.19. The summed E-state index contributed by atoms with van der Waals surface area (Å²) in [6.45, 7) is 7.80. The summed E-state index contributed by atoms with van der Waals surface area (Å²) >= 11 is 0. The highest BCUT2D eigenvalue weighted by Crippen LogP contribution is 2.28. The summed E-state index contributed by atoms with van der Waals surface area (Å²) in [5, 5.41) is 16.2.